The molecule has 0 atom stereocenters. The molecule has 0 heterocycles. The number of carboxylic acids is 2. The van der Waals surface area contributed by atoms with Gasteiger partial charge in [-0.05, 0) is 12.8 Å². The van der Waals surface area contributed by atoms with Crippen LogP contribution in [0.15, 0.2) is 0 Å². The van der Waals surface area contributed by atoms with Crippen LogP contribution < -0.4 is 0 Å². The molecule has 0 unspecified atom stereocenters. The van der Waals surface area contributed by atoms with Crippen LogP contribution in [-0.2, 0) is 26.7 Å². The second-order valence-electron chi connectivity index (χ2n) is 3.06. The Hall–Kier alpha value is -0.541. The van der Waals surface area contributed by atoms with Gasteiger partial charge < -0.3 is 10.2 Å². The van der Waals surface area contributed by atoms with E-state index in [4.69, 9.17) is 10.2 Å². The van der Waals surface area contributed by atoms with Crippen molar-refractivity contribution < 1.29 is 36.9 Å². The predicted molar refractivity (Wildman–Crippen MR) is 47.6 cm³/mol. The fourth-order valence-electron chi connectivity index (χ4n) is 1.08. The Bertz CT molecular complexity index is 152. The zero-order valence-corrected chi connectivity index (χ0v) is 8.90. The SMILES string of the molecule is O=C(O)CCCCCCCC(=O)O.[Cu]. The molecule has 0 spiro atoms. The molecule has 1 radical (unpaired) electrons. The number of carbonyl (C=O) groups is 2. The summed E-state index contributed by atoms with van der Waals surface area (Å²) >= 11 is 0. The minimum Gasteiger partial charge on any atom is -0.481 e. The Morgan fingerprint density at radius 3 is 1.29 bits per heavy atom. The van der Waals surface area contributed by atoms with Crippen molar-refractivity contribution in [2.24, 2.45) is 0 Å². The monoisotopic (exact) mass is 251 g/mol. The molecule has 0 aromatic rings. The van der Waals surface area contributed by atoms with Gasteiger partial charge in [0.1, 0.15) is 0 Å². The van der Waals surface area contributed by atoms with Crippen molar-refractivity contribution in [2.75, 3.05) is 0 Å². The van der Waals surface area contributed by atoms with Crippen LogP contribution in [0.25, 0.3) is 0 Å². The fraction of sp³-hybridized carbons (Fsp3) is 0.778. The summed E-state index contributed by atoms with van der Waals surface area (Å²) in [6, 6.07) is 0. The summed E-state index contributed by atoms with van der Waals surface area (Å²) in [5.41, 5.74) is 0. The second-order valence-corrected chi connectivity index (χ2v) is 3.06. The van der Waals surface area contributed by atoms with E-state index in [2.05, 4.69) is 0 Å². The second kappa shape index (κ2) is 10.5. The van der Waals surface area contributed by atoms with Crippen molar-refractivity contribution in [2.45, 2.75) is 44.9 Å². The molecule has 0 saturated carbocycles. The molecule has 0 rings (SSSR count). The van der Waals surface area contributed by atoms with Crippen molar-refractivity contribution in [1.29, 1.82) is 0 Å². The van der Waals surface area contributed by atoms with Gasteiger partial charge in [-0.25, -0.2) is 0 Å². The van der Waals surface area contributed by atoms with E-state index in [0.29, 0.717) is 12.8 Å². The Labute approximate surface area is 94.2 Å². The van der Waals surface area contributed by atoms with Crippen molar-refractivity contribution in [3.8, 4) is 0 Å². The zero-order chi connectivity index (χ0) is 10.1. The van der Waals surface area contributed by atoms with Gasteiger partial charge in [-0.15, -0.1) is 0 Å². The first kappa shape index (κ1) is 15.9. The first-order valence-corrected chi connectivity index (χ1v) is 4.56. The number of unbranched alkanes of at least 4 members (excludes halogenated alkanes) is 4. The van der Waals surface area contributed by atoms with Gasteiger partial charge in [-0.1, -0.05) is 19.3 Å². The van der Waals surface area contributed by atoms with E-state index in [0.717, 1.165) is 19.3 Å². The molecule has 4 nitrogen and oxygen atoms in total. The molecule has 0 bridgehead atoms. The van der Waals surface area contributed by atoms with Gasteiger partial charge >= 0.3 is 11.9 Å². The van der Waals surface area contributed by atoms with Crippen molar-refractivity contribution in [3.05, 3.63) is 0 Å². The molecule has 0 aliphatic rings. The van der Waals surface area contributed by atoms with Gasteiger partial charge in [-0.3, -0.25) is 9.59 Å². The number of rotatable bonds is 8. The third-order valence-corrected chi connectivity index (χ3v) is 1.78. The third kappa shape index (κ3) is 14.0. The van der Waals surface area contributed by atoms with Crippen LogP contribution in [0.5, 0.6) is 0 Å². The topological polar surface area (TPSA) is 74.6 Å². The number of hydrogen-bond donors (Lipinski definition) is 2. The predicted octanol–water partition coefficient (Wildman–Crippen LogP) is 1.88. The summed E-state index contributed by atoms with van der Waals surface area (Å²) in [6.07, 6.45) is 4.53. The first-order valence-electron chi connectivity index (χ1n) is 4.56. The fourth-order valence-corrected chi connectivity index (χ4v) is 1.08. The van der Waals surface area contributed by atoms with Crippen LogP contribution in [0.4, 0.5) is 0 Å². The number of hydrogen-bond acceptors (Lipinski definition) is 2. The van der Waals surface area contributed by atoms with Gasteiger partial charge in [0.15, 0.2) is 0 Å². The van der Waals surface area contributed by atoms with E-state index in [9.17, 15) is 9.59 Å². The van der Waals surface area contributed by atoms with E-state index in [1.807, 2.05) is 0 Å². The van der Waals surface area contributed by atoms with Crippen LogP contribution in [0.2, 0.25) is 0 Å². The molecular formula is C9H16CuO4. The Morgan fingerprint density at radius 1 is 0.714 bits per heavy atom. The first-order chi connectivity index (χ1) is 6.13. The van der Waals surface area contributed by atoms with Crippen LogP contribution in [-0.4, -0.2) is 22.2 Å². The summed E-state index contributed by atoms with van der Waals surface area (Å²) in [5.74, 6) is -1.52. The van der Waals surface area contributed by atoms with E-state index in [-0.39, 0.29) is 29.9 Å². The van der Waals surface area contributed by atoms with Gasteiger partial charge in [0.2, 0.25) is 0 Å². The normalized spacial score (nSPS) is 9.14. The molecule has 0 amide bonds. The molecule has 0 aromatic heterocycles. The molecule has 2 N–H and O–H groups in total. The van der Waals surface area contributed by atoms with Crippen LogP contribution in [0.1, 0.15) is 44.9 Å². The number of aliphatic carboxylic acids is 2. The van der Waals surface area contributed by atoms with E-state index < -0.39 is 11.9 Å². The van der Waals surface area contributed by atoms with Gasteiger partial charge in [-0.2, -0.15) is 0 Å². The summed E-state index contributed by atoms with van der Waals surface area (Å²) in [6.45, 7) is 0. The Morgan fingerprint density at radius 2 is 1.00 bits per heavy atom. The minimum atomic E-state index is -0.759. The van der Waals surface area contributed by atoms with E-state index in [1.54, 1.807) is 0 Å². The van der Waals surface area contributed by atoms with Crippen LogP contribution in [0, 0.1) is 0 Å². The molecule has 87 valence electrons. The Balaban J connectivity index is 0. The summed E-state index contributed by atoms with van der Waals surface area (Å²) < 4.78 is 0. The average Bonchev–Trinajstić information content (AvgIpc) is 2.01. The molecule has 5 heteroatoms. The molecule has 0 aromatic carbocycles. The molecule has 0 aliphatic heterocycles. The Kier molecular flexibility index (Phi) is 12.0. The molecule has 0 fully saturated rings. The summed E-state index contributed by atoms with van der Waals surface area (Å²) in [4.78, 5) is 20.2. The van der Waals surface area contributed by atoms with Crippen molar-refractivity contribution in [3.63, 3.8) is 0 Å². The maximum Gasteiger partial charge on any atom is 0.303 e. The zero-order valence-electron chi connectivity index (χ0n) is 7.96. The van der Waals surface area contributed by atoms with Gasteiger partial charge in [0, 0.05) is 29.9 Å². The van der Waals surface area contributed by atoms with Crippen molar-refractivity contribution >= 4 is 11.9 Å². The standard InChI is InChI=1S/C9H16O4.Cu/c10-8(11)6-4-2-1-3-5-7-9(12)13;/h1-7H2,(H,10,11)(H,12,13);. The van der Waals surface area contributed by atoms with Crippen molar-refractivity contribution in [1.82, 2.24) is 0 Å². The maximum atomic E-state index is 10.1. The minimum absolute atomic E-state index is 0. The summed E-state index contributed by atoms with van der Waals surface area (Å²) in [5, 5.41) is 16.6. The van der Waals surface area contributed by atoms with Crippen LogP contribution in [0.3, 0.4) is 0 Å². The average molecular weight is 252 g/mol. The molecule has 0 aliphatic carbocycles. The number of carboxylic acid groups (broad SMARTS) is 2. The largest absolute Gasteiger partial charge is 0.481 e. The van der Waals surface area contributed by atoms with E-state index >= 15 is 0 Å². The molecule has 0 saturated heterocycles. The quantitative estimate of drug-likeness (QED) is 0.510. The van der Waals surface area contributed by atoms with Gasteiger partial charge in [0.05, 0.1) is 0 Å². The smallest absolute Gasteiger partial charge is 0.303 e. The van der Waals surface area contributed by atoms with Gasteiger partial charge in [0.25, 0.3) is 0 Å². The summed E-state index contributed by atoms with van der Waals surface area (Å²) in [7, 11) is 0. The maximum absolute atomic E-state index is 10.1. The molecule has 14 heavy (non-hydrogen) atoms. The van der Waals surface area contributed by atoms with Crippen LogP contribution >= 0.6 is 0 Å². The van der Waals surface area contributed by atoms with E-state index in [1.165, 1.54) is 0 Å². The molecular weight excluding hydrogens is 236 g/mol. The third-order valence-electron chi connectivity index (χ3n) is 1.78.